The van der Waals surface area contributed by atoms with E-state index in [2.05, 4.69) is 52.4 Å². The first-order valence-corrected chi connectivity index (χ1v) is 11.0. The maximum Gasteiger partial charge on any atom is 0.230 e. The van der Waals surface area contributed by atoms with Crippen molar-refractivity contribution in [3.05, 3.63) is 84.2 Å². The first kappa shape index (κ1) is 20.9. The van der Waals surface area contributed by atoms with Gasteiger partial charge in [0.15, 0.2) is 5.16 Å². The van der Waals surface area contributed by atoms with Gasteiger partial charge in [0.2, 0.25) is 5.91 Å². The SMILES string of the molecule is Cc1ccc(-n2ccnc2SCC(=O)N[C@@H](C)c2ccc(-n3cncn3)cc2)cc1C. The second-order valence-electron chi connectivity index (χ2n) is 7.36. The summed E-state index contributed by atoms with van der Waals surface area (Å²) in [5, 5.41) is 7.97. The molecule has 0 spiro atoms. The number of hydrogen-bond acceptors (Lipinski definition) is 5. The number of rotatable bonds is 7. The van der Waals surface area contributed by atoms with Gasteiger partial charge in [-0.05, 0) is 61.7 Å². The number of thioether (sulfide) groups is 1. The van der Waals surface area contributed by atoms with Gasteiger partial charge in [-0.15, -0.1) is 0 Å². The van der Waals surface area contributed by atoms with Crippen molar-refractivity contribution >= 4 is 17.7 Å². The number of aryl methyl sites for hydroxylation is 2. The Labute approximate surface area is 185 Å². The molecule has 4 rings (SSSR count). The molecule has 0 fully saturated rings. The lowest BCUT2D eigenvalue weighted by molar-refractivity contribution is -0.119. The zero-order valence-corrected chi connectivity index (χ0v) is 18.5. The summed E-state index contributed by atoms with van der Waals surface area (Å²) in [6.07, 6.45) is 6.83. The minimum absolute atomic E-state index is 0.0347. The molecule has 8 heteroatoms. The number of benzene rings is 2. The topological polar surface area (TPSA) is 77.6 Å². The van der Waals surface area contributed by atoms with Crippen LogP contribution in [0.5, 0.6) is 0 Å². The fraction of sp³-hybridized carbons (Fsp3) is 0.217. The van der Waals surface area contributed by atoms with Crippen LogP contribution in [0.1, 0.15) is 29.7 Å². The van der Waals surface area contributed by atoms with Crippen molar-refractivity contribution in [2.45, 2.75) is 32.0 Å². The van der Waals surface area contributed by atoms with Gasteiger partial charge in [0.1, 0.15) is 12.7 Å². The third-order valence-corrected chi connectivity index (χ3v) is 6.13. The lowest BCUT2D eigenvalue weighted by Crippen LogP contribution is -2.28. The minimum Gasteiger partial charge on any atom is -0.349 e. The van der Waals surface area contributed by atoms with Gasteiger partial charge in [0, 0.05) is 18.1 Å². The summed E-state index contributed by atoms with van der Waals surface area (Å²) in [6.45, 7) is 6.16. The quantitative estimate of drug-likeness (QED) is 0.446. The summed E-state index contributed by atoms with van der Waals surface area (Å²) in [4.78, 5) is 20.9. The Hall–Kier alpha value is -3.39. The average Bonchev–Trinajstić information content (AvgIpc) is 3.46. The second-order valence-corrected chi connectivity index (χ2v) is 8.30. The third-order valence-electron chi connectivity index (χ3n) is 5.16. The molecule has 0 bridgehead atoms. The molecular weight excluding hydrogens is 408 g/mol. The summed E-state index contributed by atoms with van der Waals surface area (Å²) in [5.74, 6) is 0.260. The highest BCUT2D eigenvalue weighted by Gasteiger charge is 2.13. The molecule has 4 aromatic rings. The Bertz CT molecular complexity index is 1170. The molecule has 1 atom stereocenters. The number of carbonyl (C=O) groups excluding carboxylic acids is 1. The Kier molecular flexibility index (Phi) is 6.18. The van der Waals surface area contributed by atoms with Gasteiger partial charge in [-0.1, -0.05) is 30.0 Å². The smallest absolute Gasteiger partial charge is 0.230 e. The van der Waals surface area contributed by atoms with Crippen molar-refractivity contribution in [2.24, 2.45) is 0 Å². The molecular formula is C23H24N6OS. The lowest BCUT2D eigenvalue weighted by Gasteiger charge is -2.15. The molecule has 2 aromatic heterocycles. The zero-order valence-electron chi connectivity index (χ0n) is 17.7. The van der Waals surface area contributed by atoms with Crippen LogP contribution < -0.4 is 5.32 Å². The molecule has 31 heavy (non-hydrogen) atoms. The molecule has 1 N–H and O–H groups in total. The van der Waals surface area contributed by atoms with Crippen molar-refractivity contribution in [1.29, 1.82) is 0 Å². The van der Waals surface area contributed by atoms with Crippen LogP contribution in [0.25, 0.3) is 11.4 Å². The van der Waals surface area contributed by atoms with Crippen molar-refractivity contribution in [2.75, 3.05) is 5.75 Å². The highest BCUT2D eigenvalue weighted by molar-refractivity contribution is 7.99. The van der Waals surface area contributed by atoms with Crippen LogP contribution in [0.15, 0.2) is 72.7 Å². The highest BCUT2D eigenvalue weighted by atomic mass is 32.2. The van der Waals surface area contributed by atoms with Crippen molar-refractivity contribution in [3.63, 3.8) is 0 Å². The summed E-state index contributed by atoms with van der Waals surface area (Å²) in [5.41, 5.74) is 5.47. The van der Waals surface area contributed by atoms with Crippen LogP contribution in [0.4, 0.5) is 0 Å². The number of hydrogen-bond donors (Lipinski definition) is 1. The molecule has 1 amide bonds. The van der Waals surface area contributed by atoms with Crippen molar-refractivity contribution < 1.29 is 4.79 Å². The molecule has 0 radical (unpaired) electrons. The Morgan fingerprint density at radius 1 is 1.10 bits per heavy atom. The normalized spacial score (nSPS) is 12.0. The van der Waals surface area contributed by atoms with Crippen LogP contribution in [0.3, 0.4) is 0 Å². The van der Waals surface area contributed by atoms with Gasteiger partial charge in [0.05, 0.1) is 17.5 Å². The molecule has 0 aliphatic carbocycles. The van der Waals surface area contributed by atoms with Gasteiger partial charge in [-0.3, -0.25) is 9.36 Å². The molecule has 0 saturated heterocycles. The molecule has 2 aromatic carbocycles. The van der Waals surface area contributed by atoms with Gasteiger partial charge in [0.25, 0.3) is 0 Å². The van der Waals surface area contributed by atoms with Gasteiger partial charge < -0.3 is 5.32 Å². The number of imidazole rings is 1. The van der Waals surface area contributed by atoms with E-state index in [1.807, 2.05) is 42.0 Å². The van der Waals surface area contributed by atoms with E-state index in [0.29, 0.717) is 5.75 Å². The third kappa shape index (κ3) is 4.86. The van der Waals surface area contributed by atoms with Gasteiger partial charge >= 0.3 is 0 Å². The van der Waals surface area contributed by atoms with E-state index in [4.69, 9.17) is 0 Å². The first-order chi connectivity index (χ1) is 15.0. The molecule has 0 aliphatic rings. The van der Waals surface area contributed by atoms with Crippen LogP contribution in [-0.2, 0) is 4.79 Å². The molecule has 2 heterocycles. The van der Waals surface area contributed by atoms with E-state index in [9.17, 15) is 4.79 Å². The van der Waals surface area contributed by atoms with Crippen molar-refractivity contribution in [3.8, 4) is 11.4 Å². The minimum atomic E-state index is -0.0996. The van der Waals surface area contributed by atoms with E-state index >= 15 is 0 Å². The molecule has 158 valence electrons. The van der Waals surface area contributed by atoms with Gasteiger partial charge in [-0.25, -0.2) is 14.6 Å². The van der Waals surface area contributed by atoms with E-state index in [1.165, 1.54) is 29.2 Å². The van der Waals surface area contributed by atoms with Crippen LogP contribution in [0, 0.1) is 13.8 Å². The number of aromatic nitrogens is 5. The fourth-order valence-electron chi connectivity index (χ4n) is 3.22. The van der Waals surface area contributed by atoms with E-state index in [-0.39, 0.29) is 11.9 Å². The summed E-state index contributed by atoms with van der Waals surface area (Å²) in [7, 11) is 0. The van der Waals surface area contributed by atoms with Crippen LogP contribution in [0.2, 0.25) is 0 Å². The first-order valence-electron chi connectivity index (χ1n) is 9.99. The van der Waals surface area contributed by atoms with Crippen molar-refractivity contribution in [1.82, 2.24) is 29.6 Å². The predicted octanol–water partition coefficient (Wildman–Crippen LogP) is 4.04. The number of amides is 1. The number of nitrogens with zero attached hydrogens (tertiary/aromatic N) is 5. The van der Waals surface area contributed by atoms with Crippen LogP contribution >= 0.6 is 11.8 Å². The maximum absolute atomic E-state index is 12.5. The molecule has 0 unspecified atom stereocenters. The molecule has 0 aliphatic heterocycles. The predicted molar refractivity (Wildman–Crippen MR) is 122 cm³/mol. The van der Waals surface area contributed by atoms with E-state index < -0.39 is 0 Å². The average molecular weight is 433 g/mol. The zero-order chi connectivity index (χ0) is 21.8. The van der Waals surface area contributed by atoms with E-state index in [1.54, 1.807) is 17.2 Å². The van der Waals surface area contributed by atoms with E-state index in [0.717, 1.165) is 22.1 Å². The largest absolute Gasteiger partial charge is 0.349 e. The standard InChI is InChI=1S/C23H24N6OS/c1-16-4-7-21(12-17(16)2)28-11-10-25-23(28)31-13-22(30)27-18(3)19-5-8-20(9-6-19)29-15-24-14-26-29/h4-12,14-15,18H,13H2,1-3H3,(H,27,30)/t18-/m0/s1. The highest BCUT2D eigenvalue weighted by Crippen LogP contribution is 2.22. The maximum atomic E-state index is 12.5. The summed E-state index contributed by atoms with van der Waals surface area (Å²) in [6, 6.07) is 14.1. The van der Waals surface area contributed by atoms with Gasteiger partial charge in [-0.2, -0.15) is 5.10 Å². The lowest BCUT2D eigenvalue weighted by atomic mass is 10.1. The Balaban J connectivity index is 1.35. The number of nitrogens with one attached hydrogen (secondary N) is 1. The Morgan fingerprint density at radius 2 is 1.87 bits per heavy atom. The summed E-state index contributed by atoms with van der Waals surface area (Å²) < 4.78 is 3.71. The summed E-state index contributed by atoms with van der Waals surface area (Å²) >= 11 is 1.43. The molecule has 7 nitrogen and oxygen atoms in total. The molecule has 0 saturated carbocycles. The van der Waals surface area contributed by atoms with Crippen LogP contribution in [-0.4, -0.2) is 36.0 Å². The number of carbonyl (C=O) groups is 1. The monoisotopic (exact) mass is 432 g/mol. The fourth-order valence-corrected chi connectivity index (χ4v) is 4.01. The second kappa shape index (κ2) is 9.18. The Morgan fingerprint density at radius 3 is 2.58 bits per heavy atom.